The van der Waals surface area contributed by atoms with Crippen LogP contribution < -0.4 is 0 Å². The van der Waals surface area contributed by atoms with Crippen LogP contribution in [0.25, 0.3) is 0 Å². The number of carbonyl (C=O) groups excluding carboxylic acids is 2. The maximum absolute atomic E-state index is 12.9. The third-order valence-electron chi connectivity index (χ3n) is 3.41. The second-order valence-corrected chi connectivity index (χ2v) is 5.03. The molecule has 120 valence electrons. The Kier molecular flexibility index (Phi) is 4.20. The highest BCUT2D eigenvalue weighted by molar-refractivity contribution is 6.29. The van der Waals surface area contributed by atoms with E-state index in [0.29, 0.717) is 5.69 Å². The number of aliphatic imine (C=N–C) groups is 1. The summed E-state index contributed by atoms with van der Waals surface area (Å²) < 4.78 is 17.8. The number of hydrogen-bond donors (Lipinski definition) is 1. The lowest BCUT2D eigenvalue weighted by molar-refractivity contribution is -0.135. The lowest BCUT2D eigenvalue weighted by atomic mass is 10.0. The summed E-state index contributed by atoms with van der Waals surface area (Å²) in [6, 6.07) is 13.3. The highest BCUT2D eigenvalue weighted by Gasteiger charge is 2.33. The topological polar surface area (TPSA) is 76.0 Å². The number of halogens is 1. The number of rotatable bonds is 3. The van der Waals surface area contributed by atoms with Gasteiger partial charge in [0.05, 0.1) is 11.4 Å². The molecule has 1 N–H and O–H groups in total. The first kappa shape index (κ1) is 15.6. The molecule has 1 fully saturated rings. The van der Waals surface area contributed by atoms with E-state index in [1.54, 1.807) is 18.2 Å². The van der Waals surface area contributed by atoms with Crippen LogP contribution in [0, 0.1) is 5.82 Å². The summed E-state index contributed by atoms with van der Waals surface area (Å²) in [6.45, 7) is -0.169. The predicted molar refractivity (Wildman–Crippen MR) is 84.9 cm³/mol. The summed E-state index contributed by atoms with van der Waals surface area (Å²) in [6.07, 6.45) is 0. The van der Waals surface area contributed by atoms with Crippen LogP contribution in [-0.2, 0) is 9.53 Å². The van der Waals surface area contributed by atoms with E-state index in [-0.39, 0.29) is 23.5 Å². The van der Waals surface area contributed by atoms with Crippen LogP contribution in [0.2, 0.25) is 0 Å². The Morgan fingerprint density at radius 3 is 2.42 bits per heavy atom. The minimum Gasteiger partial charge on any atom is -0.503 e. The highest BCUT2D eigenvalue weighted by Crippen LogP contribution is 2.22. The van der Waals surface area contributed by atoms with Crippen molar-refractivity contribution in [1.82, 2.24) is 0 Å². The van der Waals surface area contributed by atoms with Crippen molar-refractivity contribution in [2.45, 2.75) is 0 Å². The van der Waals surface area contributed by atoms with Crippen molar-refractivity contribution in [3.8, 4) is 0 Å². The molecule has 0 bridgehead atoms. The monoisotopic (exact) mass is 325 g/mol. The highest BCUT2D eigenvalue weighted by atomic mass is 19.1. The molecular formula is C18H12FNO4. The molecule has 6 heteroatoms. The molecule has 1 aliphatic rings. The molecule has 24 heavy (non-hydrogen) atoms. The van der Waals surface area contributed by atoms with Crippen molar-refractivity contribution in [1.29, 1.82) is 0 Å². The van der Waals surface area contributed by atoms with Crippen molar-refractivity contribution in [3.63, 3.8) is 0 Å². The molecule has 0 atom stereocenters. The van der Waals surface area contributed by atoms with Crippen molar-refractivity contribution < 1.29 is 23.8 Å². The van der Waals surface area contributed by atoms with Crippen LogP contribution >= 0.6 is 0 Å². The van der Waals surface area contributed by atoms with Crippen LogP contribution in [0.5, 0.6) is 0 Å². The number of nitrogens with zero attached hydrogens (tertiary/aromatic N) is 1. The molecule has 0 spiro atoms. The Morgan fingerprint density at radius 1 is 1.08 bits per heavy atom. The van der Waals surface area contributed by atoms with Crippen molar-refractivity contribution >= 4 is 23.2 Å². The van der Waals surface area contributed by atoms with Gasteiger partial charge in [-0.05, 0) is 24.3 Å². The molecule has 0 unspecified atom stereocenters. The Bertz CT molecular complexity index is 854. The summed E-state index contributed by atoms with van der Waals surface area (Å²) in [4.78, 5) is 28.3. The first-order valence-electron chi connectivity index (χ1n) is 7.10. The molecule has 0 saturated carbocycles. The third kappa shape index (κ3) is 3.08. The molecule has 0 aliphatic carbocycles. The number of ether oxygens (including phenoxy) is 1. The van der Waals surface area contributed by atoms with E-state index >= 15 is 0 Å². The summed E-state index contributed by atoms with van der Waals surface area (Å²) in [5.74, 6) is -2.66. The van der Waals surface area contributed by atoms with E-state index in [4.69, 9.17) is 4.74 Å². The van der Waals surface area contributed by atoms with Gasteiger partial charge in [-0.3, -0.25) is 4.79 Å². The second-order valence-electron chi connectivity index (χ2n) is 5.03. The summed E-state index contributed by atoms with van der Waals surface area (Å²) in [5, 5.41) is 10.2. The second kappa shape index (κ2) is 6.45. The number of benzene rings is 2. The molecule has 3 rings (SSSR count). The fourth-order valence-electron chi connectivity index (χ4n) is 2.23. The smallest absolute Gasteiger partial charge is 0.344 e. The number of Topliss-reactive ketones (excluding diaryl/α,β-unsaturated/α-hetero) is 1. The number of allylic oxidation sites excluding steroid dienone is 1. The van der Waals surface area contributed by atoms with Gasteiger partial charge in [-0.1, -0.05) is 30.3 Å². The SMILES string of the molecule is O=C1OCC(=Nc2ccc(F)cc2)/C1=C(\O)C(=O)c1ccccc1. The first-order chi connectivity index (χ1) is 11.6. The van der Waals surface area contributed by atoms with Crippen molar-refractivity contribution in [3.05, 3.63) is 77.3 Å². The van der Waals surface area contributed by atoms with Crippen LogP contribution in [0.4, 0.5) is 10.1 Å². The number of aliphatic hydroxyl groups is 1. The maximum atomic E-state index is 12.9. The van der Waals surface area contributed by atoms with E-state index in [0.717, 1.165) is 0 Å². The maximum Gasteiger partial charge on any atom is 0.344 e. The van der Waals surface area contributed by atoms with E-state index in [1.807, 2.05) is 0 Å². The van der Waals surface area contributed by atoms with Gasteiger partial charge in [-0.25, -0.2) is 14.2 Å². The number of esters is 1. The number of aliphatic hydroxyl groups excluding tert-OH is 1. The van der Waals surface area contributed by atoms with Crippen molar-refractivity contribution in [2.24, 2.45) is 4.99 Å². The average Bonchev–Trinajstić information content (AvgIpc) is 2.97. The Labute approximate surface area is 136 Å². The Hall–Kier alpha value is -3.28. The Balaban J connectivity index is 2.01. The number of hydrogen-bond acceptors (Lipinski definition) is 5. The Morgan fingerprint density at radius 2 is 1.75 bits per heavy atom. The largest absolute Gasteiger partial charge is 0.503 e. The lowest BCUT2D eigenvalue weighted by Gasteiger charge is -2.03. The minimum absolute atomic E-state index is 0.119. The van der Waals surface area contributed by atoms with Crippen molar-refractivity contribution in [2.75, 3.05) is 6.61 Å². The van der Waals surface area contributed by atoms with E-state index in [1.165, 1.54) is 36.4 Å². The molecule has 0 radical (unpaired) electrons. The summed E-state index contributed by atoms with van der Waals surface area (Å²) in [5.41, 5.74) is 0.465. The van der Waals surface area contributed by atoms with Gasteiger partial charge in [0.15, 0.2) is 5.76 Å². The zero-order valence-electron chi connectivity index (χ0n) is 12.4. The van der Waals surface area contributed by atoms with E-state index in [9.17, 15) is 19.1 Å². The number of ketones is 1. The minimum atomic E-state index is -0.822. The van der Waals surface area contributed by atoms with Gasteiger partial charge in [0.2, 0.25) is 5.78 Å². The van der Waals surface area contributed by atoms with Gasteiger partial charge < -0.3 is 9.84 Å². The number of carbonyl (C=O) groups is 2. The summed E-state index contributed by atoms with van der Waals surface area (Å²) >= 11 is 0. The predicted octanol–water partition coefficient (Wildman–Crippen LogP) is 3.15. The van der Waals surface area contributed by atoms with Crippen LogP contribution in [0.1, 0.15) is 10.4 Å². The van der Waals surface area contributed by atoms with Gasteiger partial charge in [-0.15, -0.1) is 0 Å². The molecule has 2 aromatic rings. The standard InChI is InChI=1S/C18H12FNO4/c19-12-6-8-13(9-7-12)20-14-10-24-18(23)15(14)17(22)16(21)11-4-2-1-3-5-11/h1-9,22H,10H2/b17-15+,20-14?. The molecule has 1 saturated heterocycles. The van der Waals surface area contributed by atoms with Gasteiger partial charge in [0.1, 0.15) is 18.0 Å². The van der Waals surface area contributed by atoms with Crippen LogP contribution in [0.15, 0.2) is 70.9 Å². The van der Waals surface area contributed by atoms with E-state index in [2.05, 4.69) is 4.99 Å². The fourth-order valence-corrected chi connectivity index (χ4v) is 2.23. The molecule has 5 nitrogen and oxygen atoms in total. The molecule has 0 aromatic heterocycles. The molecule has 1 heterocycles. The van der Waals surface area contributed by atoms with Gasteiger partial charge >= 0.3 is 5.97 Å². The normalized spacial score (nSPS) is 17.7. The molecule has 1 aliphatic heterocycles. The quantitative estimate of drug-likeness (QED) is 0.407. The average molecular weight is 325 g/mol. The lowest BCUT2D eigenvalue weighted by Crippen LogP contribution is -2.13. The number of cyclic esters (lactones) is 1. The van der Waals surface area contributed by atoms with Crippen LogP contribution in [-0.4, -0.2) is 29.2 Å². The zero-order chi connectivity index (χ0) is 17.1. The van der Waals surface area contributed by atoms with Gasteiger partial charge in [0, 0.05) is 5.56 Å². The first-order valence-corrected chi connectivity index (χ1v) is 7.10. The third-order valence-corrected chi connectivity index (χ3v) is 3.41. The molecule has 0 amide bonds. The molecule has 2 aromatic carbocycles. The summed E-state index contributed by atoms with van der Waals surface area (Å²) in [7, 11) is 0. The fraction of sp³-hybridized carbons (Fsp3) is 0.0556. The van der Waals surface area contributed by atoms with E-state index < -0.39 is 23.3 Å². The van der Waals surface area contributed by atoms with Gasteiger partial charge in [-0.2, -0.15) is 0 Å². The molecular weight excluding hydrogens is 313 g/mol. The zero-order valence-corrected chi connectivity index (χ0v) is 12.4. The van der Waals surface area contributed by atoms with Gasteiger partial charge in [0.25, 0.3) is 0 Å². The van der Waals surface area contributed by atoms with Crippen LogP contribution in [0.3, 0.4) is 0 Å².